The lowest BCUT2D eigenvalue weighted by Crippen LogP contribution is -2.42. The average Bonchev–Trinajstić information content (AvgIpc) is 3.41. The number of nitrogens with one attached hydrogen (secondary N) is 1. The summed E-state index contributed by atoms with van der Waals surface area (Å²) in [5.41, 5.74) is 4.45. The Morgan fingerprint density at radius 1 is 1.07 bits per heavy atom. The normalized spacial score (nSPS) is 15.8. The maximum absolute atomic E-state index is 13.2. The van der Waals surface area contributed by atoms with Gasteiger partial charge in [-0.05, 0) is 54.4 Å². The first-order chi connectivity index (χ1) is 19.3. The molecule has 208 valence electrons. The molecule has 1 N–H and O–H groups in total. The van der Waals surface area contributed by atoms with Crippen molar-refractivity contribution in [3.63, 3.8) is 0 Å². The van der Waals surface area contributed by atoms with Gasteiger partial charge in [-0.15, -0.1) is 0 Å². The molecule has 1 aliphatic rings. The van der Waals surface area contributed by atoms with Crippen LogP contribution in [0.5, 0.6) is 0 Å². The number of hydrogen-bond acceptors (Lipinski definition) is 6. The number of carbonyl (C=O) groups is 2. The minimum atomic E-state index is -0.489. The summed E-state index contributed by atoms with van der Waals surface area (Å²) in [5, 5.41) is 10.1. The van der Waals surface area contributed by atoms with Crippen LogP contribution in [0.2, 0.25) is 5.02 Å². The minimum absolute atomic E-state index is 0.0634. The molecule has 0 radical (unpaired) electrons. The van der Waals surface area contributed by atoms with Gasteiger partial charge in [-0.2, -0.15) is 5.10 Å². The second-order valence-electron chi connectivity index (χ2n) is 9.75. The number of anilines is 1. The molecule has 40 heavy (non-hydrogen) atoms. The Balaban J connectivity index is 1.70. The fourth-order valence-corrected chi connectivity index (χ4v) is 4.44. The number of halogens is 1. The van der Waals surface area contributed by atoms with Crippen LogP contribution in [0.15, 0.2) is 89.0 Å². The van der Waals surface area contributed by atoms with Crippen molar-refractivity contribution in [2.24, 2.45) is 16.0 Å². The summed E-state index contributed by atoms with van der Waals surface area (Å²) in [5.74, 6) is -0.988. The number of hydrazone groups is 1. The van der Waals surface area contributed by atoms with E-state index in [1.165, 1.54) is 0 Å². The zero-order chi connectivity index (χ0) is 28.6. The van der Waals surface area contributed by atoms with Crippen LogP contribution in [0.25, 0.3) is 0 Å². The molecule has 1 heterocycles. The van der Waals surface area contributed by atoms with E-state index < -0.39 is 5.92 Å². The van der Waals surface area contributed by atoms with Crippen molar-refractivity contribution in [1.82, 2.24) is 10.3 Å². The standard InChI is InChI=1S/C31H34ClN5O3/c1-5-40-30(39)21(2)19-33-31(34-29(38)24-11-15-25(32)16-12-24)37-20-27(22-9-7-6-8-10-22)28(35-37)23-13-17-26(18-14-23)36(3)4/h6-18,21,27H,5,19-20H2,1-4H3,(H,33,34,38). The van der Waals surface area contributed by atoms with E-state index in [-0.39, 0.29) is 36.9 Å². The number of hydrogen-bond donors (Lipinski definition) is 1. The van der Waals surface area contributed by atoms with Crippen molar-refractivity contribution < 1.29 is 14.3 Å². The Bertz CT molecular complexity index is 1370. The lowest BCUT2D eigenvalue weighted by atomic mass is 9.90. The number of rotatable bonds is 8. The predicted molar refractivity (Wildman–Crippen MR) is 160 cm³/mol. The summed E-state index contributed by atoms with van der Waals surface area (Å²) in [6.45, 7) is 4.39. The molecular weight excluding hydrogens is 526 g/mol. The van der Waals surface area contributed by atoms with Crippen LogP contribution in [0.3, 0.4) is 0 Å². The molecule has 3 aromatic carbocycles. The number of esters is 1. The van der Waals surface area contributed by atoms with E-state index in [2.05, 4.69) is 46.7 Å². The van der Waals surface area contributed by atoms with E-state index in [0.717, 1.165) is 22.5 Å². The first kappa shape index (κ1) is 28.8. The highest BCUT2D eigenvalue weighted by atomic mass is 35.5. The van der Waals surface area contributed by atoms with Gasteiger partial charge in [0.05, 0.1) is 31.3 Å². The first-order valence-electron chi connectivity index (χ1n) is 13.2. The summed E-state index contributed by atoms with van der Waals surface area (Å²) in [6, 6.07) is 25.0. The van der Waals surface area contributed by atoms with Crippen LogP contribution in [-0.4, -0.2) is 62.3 Å². The van der Waals surface area contributed by atoms with Gasteiger partial charge in [0.25, 0.3) is 5.91 Å². The third-order valence-electron chi connectivity index (χ3n) is 6.58. The lowest BCUT2D eigenvalue weighted by molar-refractivity contribution is -0.146. The van der Waals surface area contributed by atoms with Crippen molar-refractivity contribution in [2.75, 3.05) is 38.7 Å². The molecule has 2 unspecified atom stereocenters. The van der Waals surface area contributed by atoms with E-state index in [9.17, 15) is 9.59 Å². The summed E-state index contributed by atoms with van der Waals surface area (Å²) in [7, 11) is 4.00. The highest BCUT2D eigenvalue weighted by Gasteiger charge is 2.32. The van der Waals surface area contributed by atoms with E-state index in [1.54, 1.807) is 43.1 Å². The zero-order valence-electron chi connectivity index (χ0n) is 23.2. The topological polar surface area (TPSA) is 86.6 Å². The number of carbonyl (C=O) groups excluding carboxylic acids is 2. The predicted octanol–water partition coefficient (Wildman–Crippen LogP) is 5.19. The Labute approximate surface area is 240 Å². The molecule has 9 heteroatoms. The zero-order valence-corrected chi connectivity index (χ0v) is 23.9. The number of nitrogens with zero attached hydrogens (tertiary/aromatic N) is 4. The third kappa shape index (κ3) is 7.07. The van der Waals surface area contributed by atoms with Gasteiger partial charge < -0.3 is 9.64 Å². The molecule has 0 fully saturated rings. The molecule has 1 amide bonds. The van der Waals surface area contributed by atoms with Crippen LogP contribution in [0, 0.1) is 5.92 Å². The van der Waals surface area contributed by atoms with Gasteiger partial charge in [-0.25, -0.2) is 5.01 Å². The number of amides is 1. The Kier molecular flexibility index (Phi) is 9.56. The second kappa shape index (κ2) is 13.3. The molecule has 2 atom stereocenters. The number of guanidine groups is 1. The van der Waals surface area contributed by atoms with E-state index in [0.29, 0.717) is 17.1 Å². The van der Waals surface area contributed by atoms with Gasteiger partial charge in [-0.3, -0.25) is 19.9 Å². The van der Waals surface area contributed by atoms with Crippen molar-refractivity contribution in [3.05, 3.63) is 101 Å². The summed E-state index contributed by atoms with van der Waals surface area (Å²) in [6.07, 6.45) is 0. The molecular formula is C31H34ClN5O3. The number of aliphatic imine (C=N–C) groups is 1. The molecule has 0 spiro atoms. The van der Waals surface area contributed by atoms with Gasteiger partial charge in [0.15, 0.2) is 0 Å². The first-order valence-corrected chi connectivity index (χ1v) is 13.6. The summed E-state index contributed by atoms with van der Waals surface area (Å²) < 4.78 is 5.15. The Hall–Kier alpha value is -4.17. The van der Waals surface area contributed by atoms with Gasteiger partial charge in [-0.1, -0.05) is 61.0 Å². The van der Waals surface area contributed by atoms with Gasteiger partial charge >= 0.3 is 5.97 Å². The van der Waals surface area contributed by atoms with Crippen molar-refractivity contribution >= 4 is 40.8 Å². The number of benzene rings is 3. The molecule has 0 bridgehead atoms. The largest absolute Gasteiger partial charge is 0.466 e. The van der Waals surface area contributed by atoms with Crippen LogP contribution in [-0.2, 0) is 9.53 Å². The smallest absolute Gasteiger partial charge is 0.310 e. The molecule has 1 aliphatic heterocycles. The minimum Gasteiger partial charge on any atom is -0.466 e. The van der Waals surface area contributed by atoms with Gasteiger partial charge in [0.1, 0.15) is 0 Å². The monoisotopic (exact) mass is 559 g/mol. The summed E-state index contributed by atoms with van der Waals surface area (Å²) >= 11 is 6.01. The quantitative estimate of drug-likeness (QED) is 0.233. The van der Waals surface area contributed by atoms with Crippen molar-refractivity contribution in [2.45, 2.75) is 19.8 Å². The van der Waals surface area contributed by atoms with Crippen molar-refractivity contribution in [1.29, 1.82) is 0 Å². The SMILES string of the molecule is CCOC(=O)C(C)CN=C(NC(=O)c1ccc(Cl)cc1)N1CC(c2ccccc2)C(c2ccc(N(C)C)cc2)=N1. The maximum Gasteiger partial charge on any atom is 0.310 e. The van der Waals surface area contributed by atoms with E-state index in [1.807, 2.05) is 37.2 Å². The molecule has 3 aromatic rings. The van der Waals surface area contributed by atoms with Crippen molar-refractivity contribution in [3.8, 4) is 0 Å². The van der Waals surface area contributed by atoms with Crippen LogP contribution < -0.4 is 10.2 Å². The number of ether oxygens (including phenoxy) is 1. The fourth-order valence-electron chi connectivity index (χ4n) is 4.31. The van der Waals surface area contributed by atoms with Crippen LogP contribution in [0.1, 0.15) is 41.3 Å². The molecule has 4 rings (SSSR count). The highest BCUT2D eigenvalue weighted by molar-refractivity contribution is 6.30. The van der Waals surface area contributed by atoms with Gasteiger partial charge in [0.2, 0.25) is 5.96 Å². The maximum atomic E-state index is 13.2. The Morgan fingerprint density at radius 3 is 2.38 bits per heavy atom. The molecule has 0 aliphatic carbocycles. The molecule has 8 nitrogen and oxygen atoms in total. The van der Waals surface area contributed by atoms with Gasteiger partial charge in [0, 0.05) is 36.3 Å². The Morgan fingerprint density at radius 2 is 1.75 bits per heavy atom. The van der Waals surface area contributed by atoms with Crippen LogP contribution >= 0.6 is 11.6 Å². The molecule has 0 saturated heterocycles. The average molecular weight is 560 g/mol. The van der Waals surface area contributed by atoms with E-state index in [4.69, 9.17) is 21.4 Å². The molecule has 0 saturated carbocycles. The fraction of sp³-hybridized carbons (Fsp3) is 0.290. The highest BCUT2D eigenvalue weighted by Crippen LogP contribution is 2.30. The molecule has 0 aromatic heterocycles. The second-order valence-corrected chi connectivity index (χ2v) is 10.2. The lowest BCUT2D eigenvalue weighted by Gasteiger charge is -2.20. The van der Waals surface area contributed by atoms with Crippen LogP contribution in [0.4, 0.5) is 5.69 Å². The van der Waals surface area contributed by atoms with E-state index >= 15 is 0 Å². The third-order valence-corrected chi connectivity index (χ3v) is 6.83. The summed E-state index contributed by atoms with van der Waals surface area (Å²) in [4.78, 5) is 32.2.